The van der Waals surface area contributed by atoms with Gasteiger partial charge in [-0.2, -0.15) is 5.26 Å². The number of methoxy groups -OCH3 is 1. The minimum absolute atomic E-state index is 0.117. The Hall–Kier alpha value is -2.44. The molecule has 0 aliphatic heterocycles. The van der Waals surface area contributed by atoms with Crippen LogP contribution in [-0.2, 0) is 11.4 Å². The predicted octanol–water partition coefficient (Wildman–Crippen LogP) is 7.38. The fourth-order valence-corrected chi connectivity index (χ4v) is 4.14. The van der Waals surface area contributed by atoms with E-state index >= 15 is 0 Å². The smallest absolute Gasteiger partial charge is 0.266 e. The van der Waals surface area contributed by atoms with Crippen molar-refractivity contribution in [3.05, 3.63) is 89.9 Å². The highest BCUT2D eigenvalue weighted by atomic mass is 127. The molecule has 1 N–H and O–H groups in total. The number of nitriles is 1. The number of nitrogens with one attached hydrogen (secondary N) is 1. The number of nitrogens with zero attached hydrogens (tertiary/aromatic N) is 1. The molecule has 0 heterocycles. The molecule has 0 aliphatic rings. The highest BCUT2D eigenvalue weighted by Crippen LogP contribution is 2.36. The van der Waals surface area contributed by atoms with Crippen LogP contribution in [0.4, 0.5) is 5.69 Å². The molecule has 0 aliphatic carbocycles. The van der Waals surface area contributed by atoms with Gasteiger partial charge in [0.2, 0.25) is 0 Å². The number of amides is 1. The average Bonchev–Trinajstić information content (AvgIpc) is 2.79. The Morgan fingerprint density at radius 1 is 1.12 bits per heavy atom. The van der Waals surface area contributed by atoms with Gasteiger partial charge in [-0.1, -0.05) is 53.0 Å². The van der Waals surface area contributed by atoms with Crippen LogP contribution in [0.5, 0.6) is 11.5 Å². The van der Waals surface area contributed by atoms with E-state index in [1.165, 1.54) is 19.3 Å². The van der Waals surface area contributed by atoms with Gasteiger partial charge >= 0.3 is 0 Å². The lowest BCUT2D eigenvalue weighted by Crippen LogP contribution is -2.13. The highest BCUT2D eigenvalue weighted by molar-refractivity contribution is 14.1. The molecule has 5 nitrogen and oxygen atoms in total. The second kappa shape index (κ2) is 11.6. The Morgan fingerprint density at radius 3 is 2.58 bits per heavy atom. The van der Waals surface area contributed by atoms with Crippen molar-refractivity contribution in [2.75, 3.05) is 12.4 Å². The van der Waals surface area contributed by atoms with Crippen molar-refractivity contribution in [3.8, 4) is 17.6 Å². The first-order valence-corrected chi connectivity index (χ1v) is 11.7. The molecule has 33 heavy (non-hydrogen) atoms. The van der Waals surface area contributed by atoms with E-state index in [0.29, 0.717) is 37.8 Å². The fourth-order valence-electron chi connectivity index (χ4n) is 2.83. The molecule has 0 aromatic heterocycles. The quantitative estimate of drug-likeness (QED) is 0.172. The lowest BCUT2D eigenvalue weighted by Gasteiger charge is -2.14. The SMILES string of the molecule is COc1cc(/C=C(\C#N)C(=O)Nc2cc(Cl)ccc2Cl)cc(I)c1OCc1ccccc1Cl. The maximum absolute atomic E-state index is 12.6. The highest BCUT2D eigenvalue weighted by Gasteiger charge is 2.15. The van der Waals surface area contributed by atoms with E-state index in [2.05, 4.69) is 27.9 Å². The first-order chi connectivity index (χ1) is 15.8. The van der Waals surface area contributed by atoms with Crippen molar-refractivity contribution in [2.24, 2.45) is 0 Å². The van der Waals surface area contributed by atoms with Crippen LogP contribution in [0.15, 0.2) is 60.2 Å². The maximum Gasteiger partial charge on any atom is 0.266 e. The molecule has 0 spiro atoms. The molecular formula is C24H16Cl3IN2O3. The van der Waals surface area contributed by atoms with Crippen LogP contribution in [0.1, 0.15) is 11.1 Å². The molecule has 0 saturated heterocycles. The number of anilines is 1. The van der Waals surface area contributed by atoms with Gasteiger partial charge in [-0.3, -0.25) is 4.79 Å². The number of hydrogen-bond donors (Lipinski definition) is 1. The number of rotatable bonds is 7. The third-order valence-electron chi connectivity index (χ3n) is 4.43. The van der Waals surface area contributed by atoms with Gasteiger partial charge in [-0.25, -0.2) is 0 Å². The van der Waals surface area contributed by atoms with Crippen LogP contribution in [-0.4, -0.2) is 13.0 Å². The van der Waals surface area contributed by atoms with Gasteiger partial charge in [0.1, 0.15) is 18.2 Å². The summed E-state index contributed by atoms with van der Waals surface area (Å²) in [6.45, 7) is 0.257. The zero-order valence-corrected chi connectivity index (χ0v) is 21.6. The van der Waals surface area contributed by atoms with E-state index in [0.717, 1.165) is 9.13 Å². The largest absolute Gasteiger partial charge is 0.493 e. The lowest BCUT2D eigenvalue weighted by atomic mass is 10.1. The van der Waals surface area contributed by atoms with Crippen LogP contribution in [0.25, 0.3) is 6.08 Å². The van der Waals surface area contributed by atoms with Crippen molar-refractivity contribution in [1.82, 2.24) is 0 Å². The van der Waals surface area contributed by atoms with Gasteiger partial charge < -0.3 is 14.8 Å². The summed E-state index contributed by atoms with van der Waals surface area (Å²) < 4.78 is 12.2. The van der Waals surface area contributed by atoms with E-state index in [-0.39, 0.29) is 12.2 Å². The molecular weight excluding hydrogens is 598 g/mol. The van der Waals surface area contributed by atoms with E-state index in [1.54, 1.807) is 30.3 Å². The summed E-state index contributed by atoms with van der Waals surface area (Å²) in [7, 11) is 1.51. The normalized spacial score (nSPS) is 11.0. The van der Waals surface area contributed by atoms with Gasteiger partial charge in [0, 0.05) is 15.6 Å². The summed E-state index contributed by atoms with van der Waals surface area (Å²) in [6.07, 6.45) is 1.45. The number of ether oxygens (including phenoxy) is 2. The molecule has 0 fully saturated rings. The number of halogens is 4. The molecule has 9 heteroatoms. The summed E-state index contributed by atoms with van der Waals surface area (Å²) in [6, 6.07) is 17.4. The summed E-state index contributed by atoms with van der Waals surface area (Å²) >= 11 is 20.4. The zero-order chi connectivity index (χ0) is 24.0. The number of carbonyl (C=O) groups excluding carboxylic acids is 1. The average molecular weight is 614 g/mol. The van der Waals surface area contributed by atoms with E-state index < -0.39 is 5.91 Å². The molecule has 0 unspecified atom stereocenters. The molecule has 168 valence electrons. The van der Waals surface area contributed by atoms with E-state index in [4.69, 9.17) is 44.3 Å². The summed E-state index contributed by atoms with van der Waals surface area (Å²) in [4.78, 5) is 12.6. The van der Waals surface area contributed by atoms with Crippen LogP contribution in [0.2, 0.25) is 15.1 Å². The first-order valence-electron chi connectivity index (χ1n) is 9.44. The maximum atomic E-state index is 12.6. The molecule has 0 atom stereocenters. The molecule has 3 rings (SSSR count). The van der Waals surface area contributed by atoms with Crippen molar-refractivity contribution in [3.63, 3.8) is 0 Å². The number of benzene rings is 3. The lowest BCUT2D eigenvalue weighted by molar-refractivity contribution is -0.112. The van der Waals surface area contributed by atoms with Gasteiger partial charge in [0.15, 0.2) is 11.5 Å². The Labute approximate surface area is 220 Å². The van der Waals surface area contributed by atoms with Crippen LogP contribution in [0.3, 0.4) is 0 Å². The van der Waals surface area contributed by atoms with Gasteiger partial charge in [0.25, 0.3) is 5.91 Å². The van der Waals surface area contributed by atoms with Gasteiger partial charge in [0.05, 0.1) is 21.4 Å². The Bertz CT molecular complexity index is 1270. The van der Waals surface area contributed by atoms with E-state index in [9.17, 15) is 10.1 Å². The summed E-state index contributed by atoms with van der Waals surface area (Å²) in [5.41, 5.74) is 1.62. The minimum atomic E-state index is -0.616. The van der Waals surface area contributed by atoms with Crippen molar-refractivity contribution >= 4 is 75.1 Å². The summed E-state index contributed by atoms with van der Waals surface area (Å²) in [5.74, 6) is 0.370. The second-order valence-corrected chi connectivity index (χ2v) is 9.08. The monoisotopic (exact) mass is 612 g/mol. The van der Waals surface area contributed by atoms with Gasteiger partial charge in [-0.15, -0.1) is 0 Å². The molecule has 3 aromatic rings. The Balaban J connectivity index is 1.85. The van der Waals surface area contributed by atoms with E-state index in [1.807, 2.05) is 24.3 Å². The third kappa shape index (κ3) is 6.55. The molecule has 0 radical (unpaired) electrons. The minimum Gasteiger partial charge on any atom is -0.493 e. The topological polar surface area (TPSA) is 71.3 Å². The van der Waals surface area contributed by atoms with Crippen LogP contribution >= 0.6 is 57.4 Å². The number of carbonyl (C=O) groups is 1. The van der Waals surface area contributed by atoms with Crippen molar-refractivity contribution in [2.45, 2.75) is 6.61 Å². The first kappa shape index (κ1) is 25.2. The number of hydrogen-bond acceptors (Lipinski definition) is 4. The second-order valence-electron chi connectivity index (χ2n) is 6.66. The molecule has 0 bridgehead atoms. The molecule has 1 amide bonds. The standard InChI is InChI=1S/C24H16Cl3IN2O3/c1-32-22-10-14(9-20(28)23(22)33-13-15-4-2-3-5-18(15)26)8-16(12-29)24(31)30-21-11-17(25)6-7-19(21)27/h2-11H,13H2,1H3,(H,30,31)/b16-8+. The van der Waals surface area contributed by atoms with Crippen molar-refractivity contribution < 1.29 is 14.3 Å². The summed E-state index contributed by atoms with van der Waals surface area (Å²) in [5, 5.41) is 13.5. The van der Waals surface area contributed by atoms with Crippen LogP contribution < -0.4 is 14.8 Å². The molecule has 3 aromatic carbocycles. The zero-order valence-electron chi connectivity index (χ0n) is 17.2. The Kier molecular flexibility index (Phi) is 8.87. The third-order valence-corrected chi connectivity index (χ3v) is 6.17. The van der Waals surface area contributed by atoms with Gasteiger partial charge in [-0.05, 0) is 70.6 Å². The van der Waals surface area contributed by atoms with Crippen LogP contribution in [0, 0.1) is 14.9 Å². The van der Waals surface area contributed by atoms with Crippen molar-refractivity contribution in [1.29, 1.82) is 5.26 Å². The molecule has 0 saturated carbocycles. The fraction of sp³-hybridized carbons (Fsp3) is 0.0833. The Morgan fingerprint density at radius 2 is 1.88 bits per heavy atom. The predicted molar refractivity (Wildman–Crippen MR) is 140 cm³/mol.